The highest BCUT2D eigenvalue weighted by molar-refractivity contribution is 7.99. The van der Waals surface area contributed by atoms with E-state index >= 15 is 0 Å². The molecule has 0 radical (unpaired) electrons. The normalized spacial score (nSPS) is 11.9. The Kier molecular flexibility index (Phi) is 6.15. The molecule has 1 unspecified atom stereocenters. The van der Waals surface area contributed by atoms with E-state index in [-0.39, 0.29) is 11.2 Å². The minimum Gasteiger partial charge on any atom is -0.351 e. The molecular weight excluding hydrogens is 302 g/mol. The zero-order valence-electron chi connectivity index (χ0n) is 11.9. The Morgan fingerprint density at radius 3 is 2.43 bits per heavy atom. The van der Waals surface area contributed by atoms with Crippen LogP contribution in [-0.4, -0.2) is 11.2 Å². The Bertz CT molecular complexity index is 571. The summed E-state index contributed by atoms with van der Waals surface area (Å²) in [6.07, 6.45) is 0. The number of amides is 1. The van der Waals surface area contributed by atoms with Crippen LogP contribution in [0.5, 0.6) is 0 Å². The van der Waals surface area contributed by atoms with Gasteiger partial charge in [-0.05, 0) is 30.2 Å². The van der Waals surface area contributed by atoms with Gasteiger partial charge in [0, 0.05) is 17.3 Å². The van der Waals surface area contributed by atoms with Crippen LogP contribution in [0.15, 0.2) is 54.6 Å². The van der Waals surface area contributed by atoms with E-state index in [0.29, 0.717) is 6.54 Å². The number of hydrogen-bond acceptors (Lipinski definition) is 2. The summed E-state index contributed by atoms with van der Waals surface area (Å²) >= 11 is 7.48. The lowest BCUT2D eigenvalue weighted by molar-refractivity contribution is -0.120. The Balaban J connectivity index is 1.76. The van der Waals surface area contributed by atoms with Crippen LogP contribution in [0.4, 0.5) is 0 Å². The van der Waals surface area contributed by atoms with E-state index in [0.717, 1.165) is 16.3 Å². The van der Waals surface area contributed by atoms with Gasteiger partial charge >= 0.3 is 0 Å². The number of carbonyl (C=O) groups is 1. The van der Waals surface area contributed by atoms with Crippen LogP contribution in [0.3, 0.4) is 0 Å². The van der Waals surface area contributed by atoms with E-state index in [1.165, 1.54) is 5.56 Å². The van der Waals surface area contributed by atoms with Gasteiger partial charge in [0.05, 0.1) is 5.25 Å². The third kappa shape index (κ3) is 5.44. The SMILES string of the molecule is CC(SCc1ccc(Cl)cc1)C(=O)NCc1ccccc1. The van der Waals surface area contributed by atoms with Crippen molar-refractivity contribution in [2.75, 3.05) is 0 Å². The summed E-state index contributed by atoms with van der Waals surface area (Å²) in [6, 6.07) is 17.6. The second kappa shape index (κ2) is 8.11. The summed E-state index contributed by atoms with van der Waals surface area (Å²) in [6.45, 7) is 2.51. The largest absolute Gasteiger partial charge is 0.351 e. The van der Waals surface area contributed by atoms with Crippen LogP contribution in [0.1, 0.15) is 18.1 Å². The second-order valence-electron chi connectivity index (χ2n) is 4.78. The fourth-order valence-corrected chi connectivity index (χ4v) is 2.80. The van der Waals surface area contributed by atoms with Crippen LogP contribution in [0, 0.1) is 0 Å². The van der Waals surface area contributed by atoms with Crippen molar-refractivity contribution in [2.45, 2.75) is 24.5 Å². The van der Waals surface area contributed by atoms with Crippen LogP contribution in [0.25, 0.3) is 0 Å². The van der Waals surface area contributed by atoms with E-state index in [1.807, 2.05) is 61.5 Å². The van der Waals surface area contributed by atoms with Crippen molar-refractivity contribution < 1.29 is 4.79 Å². The minimum atomic E-state index is -0.0793. The van der Waals surface area contributed by atoms with Gasteiger partial charge in [-0.25, -0.2) is 0 Å². The molecule has 0 saturated carbocycles. The number of halogens is 1. The first kappa shape index (κ1) is 15.9. The molecule has 0 heterocycles. The van der Waals surface area contributed by atoms with Crippen LogP contribution < -0.4 is 5.32 Å². The number of hydrogen-bond donors (Lipinski definition) is 1. The lowest BCUT2D eigenvalue weighted by atomic mass is 10.2. The van der Waals surface area contributed by atoms with E-state index in [4.69, 9.17) is 11.6 Å². The third-order valence-corrected chi connectivity index (χ3v) is 4.56. The average molecular weight is 320 g/mol. The van der Waals surface area contributed by atoms with Gasteiger partial charge in [0.15, 0.2) is 0 Å². The molecule has 1 N–H and O–H groups in total. The molecule has 2 nitrogen and oxygen atoms in total. The molecular formula is C17H18ClNOS. The van der Waals surface area contributed by atoms with Gasteiger partial charge in [-0.1, -0.05) is 54.1 Å². The molecule has 0 fully saturated rings. The van der Waals surface area contributed by atoms with Crippen molar-refractivity contribution in [3.63, 3.8) is 0 Å². The molecule has 0 saturated heterocycles. The highest BCUT2D eigenvalue weighted by Gasteiger charge is 2.12. The minimum absolute atomic E-state index is 0.0674. The van der Waals surface area contributed by atoms with Crippen LogP contribution in [-0.2, 0) is 17.1 Å². The van der Waals surface area contributed by atoms with Gasteiger partial charge in [-0.15, -0.1) is 11.8 Å². The number of carbonyl (C=O) groups excluding carboxylic acids is 1. The second-order valence-corrected chi connectivity index (χ2v) is 6.55. The molecule has 2 rings (SSSR count). The molecule has 0 spiro atoms. The highest BCUT2D eigenvalue weighted by atomic mass is 35.5. The van der Waals surface area contributed by atoms with Crippen molar-refractivity contribution in [1.29, 1.82) is 0 Å². The molecule has 0 aliphatic carbocycles. The summed E-state index contributed by atoms with van der Waals surface area (Å²) in [5, 5.41) is 3.62. The zero-order chi connectivity index (χ0) is 15.1. The number of nitrogens with one attached hydrogen (secondary N) is 1. The van der Waals surface area contributed by atoms with Crippen molar-refractivity contribution in [2.24, 2.45) is 0 Å². The molecule has 1 atom stereocenters. The third-order valence-electron chi connectivity index (χ3n) is 3.09. The van der Waals surface area contributed by atoms with Gasteiger partial charge in [0.1, 0.15) is 0 Å². The number of rotatable bonds is 6. The number of benzene rings is 2. The molecule has 21 heavy (non-hydrogen) atoms. The predicted octanol–water partition coefficient (Wildman–Crippen LogP) is 4.28. The summed E-state index contributed by atoms with van der Waals surface area (Å²) in [4.78, 5) is 12.0. The first-order valence-corrected chi connectivity index (χ1v) is 8.25. The first-order valence-electron chi connectivity index (χ1n) is 6.83. The maximum Gasteiger partial charge on any atom is 0.233 e. The molecule has 1 amide bonds. The fourth-order valence-electron chi connectivity index (χ4n) is 1.81. The topological polar surface area (TPSA) is 29.1 Å². The Morgan fingerprint density at radius 1 is 1.10 bits per heavy atom. The zero-order valence-corrected chi connectivity index (χ0v) is 13.5. The monoisotopic (exact) mass is 319 g/mol. The molecule has 0 aliphatic rings. The molecule has 2 aromatic rings. The Labute approximate surface area is 134 Å². The lowest BCUT2D eigenvalue weighted by Gasteiger charge is -2.12. The van der Waals surface area contributed by atoms with Crippen LogP contribution >= 0.6 is 23.4 Å². The maximum atomic E-state index is 12.0. The predicted molar refractivity (Wildman–Crippen MR) is 90.5 cm³/mol. The Hall–Kier alpha value is -1.45. The summed E-state index contributed by atoms with van der Waals surface area (Å²) in [5.41, 5.74) is 2.29. The summed E-state index contributed by atoms with van der Waals surface area (Å²) in [5.74, 6) is 0.870. The molecule has 4 heteroatoms. The summed E-state index contributed by atoms with van der Waals surface area (Å²) < 4.78 is 0. The highest BCUT2D eigenvalue weighted by Crippen LogP contribution is 2.19. The first-order chi connectivity index (χ1) is 10.1. The van der Waals surface area contributed by atoms with E-state index in [9.17, 15) is 4.79 Å². The molecule has 0 aliphatic heterocycles. The van der Waals surface area contributed by atoms with Gasteiger partial charge < -0.3 is 5.32 Å². The average Bonchev–Trinajstić information content (AvgIpc) is 2.52. The molecule has 110 valence electrons. The van der Waals surface area contributed by atoms with Gasteiger partial charge in [0.2, 0.25) is 5.91 Å². The van der Waals surface area contributed by atoms with Crippen molar-refractivity contribution in [3.05, 3.63) is 70.7 Å². The number of thioether (sulfide) groups is 1. The molecule has 0 bridgehead atoms. The van der Waals surface area contributed by atoms with E-state index in [1.54, 1.807) is 11.8 Å². The lowest BCUT2D eigenvalue weighted by Crippen LogP contribution is -2.30. The van der Waals surface area contributed by atoms with Gasteiger partial charge in [-0.3, -0.25) is 4.79 Å². The molecule has 2 aromatic carbocycles. The quantitative estimate of drug-likeness (QED) is 0.861. The van der Waals surface area contributed by atoms with Gasteiger partial charge in [-0.2, -0.15) is 0 Å². The standard InChI is InChI=1S/C17H18ClNOS/c1-13(21-12-15-7-9-16(18)10-8-15)17(20)19-11-14-5-3-2-4-6-14/h2-10,13H,11-12H2,1H3,(H,19,20). The van der Waals surface area contributed by atoms with Crippen molar-refractivity contribution in [3.8, 4) is 0 Å². The van der Waals surface area contributed by atoms with E-state index < -0.39 is 0 Å². The van der Waals surface area contributed by atoms with Crippen molar-refractivity contribution in [1.82, 2.24) is 5.32 Å². The fraction of sp³-hybridized carbons (Fsp3) is 0.235. The van der Waals surface area contributed by atoms with Gasteiger partial charge in [0.25, 0.3) is 0 Å². The smallest absolute Gasteiger partial charge is 0.233 e. The summed E-state index contributed by atoms with van der Waals surface area (Å²) in [7, 11) is 0. The Morgan fingerprint density at radius 2 is 1.76 bits per heavy atom. The maximum absolute atomic E-state index is 12.0. The van der Waals surface area contributed by atoms with Crippen molar-refractivity contribution >= 4 is 29.3 Å². The van der Waals surface area contributed by atoms with E-state index in [2.05, 4.69) is 5.32 Å². The molecule has 0 aromatic heterocycles. The van der Waals surface area contributed by atoms with Crippen LogP contribution in [0.2, 0.25) is 5.02 Å².